The molecule has 0 fully saturated rings. The summed E-state index contributed by atoms with van der Waals surface area (Å²) >= 11 is 0. The van der Waals surface area contributed by atoms with Crippen molar-refractivity contribution in [1.29, 1.82) is 0 Å². The lowest BCUT2D eigenvalue weighted by atomic mass is 9.98. The molecule has 0 unspecified atom stereocenters. The molecule has 0 radical (unpaired) electrons. The number of benzene rings is 4. The van der Waals surface area contributed by atoms with E-state index < -0.39 is 13.7 Å². The van der Waals surface area contributed by atoms with Gasteiger partial charge < -0.3 is 0 Å². The van der Waals surface area contributed by atoms with Gasteiger partial charge in [0.15, 0.2) is 22.8 Å². The van der Waals surface area contributed by atoms with Crippen molar-refractivity contribution in [1.82, 2.24) is 0 Å². The van der Waals surface area contributed by atoms with Crippen LogP contribution in [-0.4, -0.2) is 0 Å². The number of aromatic nitrogens is 4. The van der Waals surface area contributed by atoms with Crippen LogP contribution in [-0.2, 0) is 28.2 Å². The molecule has 0 atom stereocenters. The zero-order valence-electron chi connectivity index (χ0n) is 50.3. The summed E-state index contributed by atoms with van der Waals surface area (Å²) < 4.78 is 54.0. The number of hydrogen-bond donors (Lipinski definition) is 0. The molecule has 352 valence electrons. The van der Waals surface area contributed by atoms with Gasteiger partial charge in [-0.3, -0.25) is 0 Å². The predicted molar refractivity (Wildman–Crippen MR) is 288 cm³/mol. The lowest BCUT2D eigenvalue weighted by Gasteiger charge is -2.10. The molecule has 0 aliphatic rings. The maximum absolute atomic E-state index is 7.59. The summed E-state index contributed by atoms with van der Waals surface area (Å²) in [6, 6.07) is 41.7. The van der Waals surface area contributed by atoms with Gasteiger partial charge in [-0.15, -0.1) is 0 Å². The molecule has 4 aromatic carbocycles. The summed E-state index contributed by atoms with van der Waals surface area (Å²) in [5.41, 5.74) is 27.5. The van der Waals surface area contributed by atoms with Crippen LogP contribution < -0.4 is 18.3 Å². The molecule has 4 heteroatoms. The smallest absolute Gasteiger partial charge is 0.198 e. The maximum Gasteiger partial charge on any atom is 0.213 e. The Kier molecular flexibility index (Phi) is 14.6. The first-order valence-electron chi connectivity index (χ1n) is 26.7. The third kappa shape index (κ3) is 11.8. The van der Waals surface area contributed by atoms with Crippen LogP contribution in [0.1, 0.15) is 97.8 Å². The molecule has 4 aromatic heterocycles. The van der Waals surface area contributed by atoms with E-state index >= 15 is 0 Å². The molecule has 68 heavy (non-hydrogen) atoms. The number of rotatable bonds is 4. The van der Waals surface area contributed by atoms with E-state index in [1.807, 2.05) is 55.3 Å². The first kappa shape index (κ1) is 44.0. The molecule has 0 N–H and O–H groups in total. The third-order valence-electron chi connectivity index (χ3n) is 14.0. The Balaban J connectivity index is 0.000000183. The number of nitrogens with zero attached hydrogens (tertiary/aromatic N) is 4. The average Bonchev–Trinajstić information content (AvgIpc) is 3.32. The first-order valence-corrected chi connectivity index (χ1v) is 23.7. The van der Waals surface area contributed by atoms with Crippen LogP contribution in [0.25, 0.3) is 45.0 Å². The standard InChI is InChI=1S/4C16H20N/c2*1-11-6-7-13(3)15(10-11)16-9-8-12(2)14(4)17(16)5;2*1-11-9-10-15(17(5)14(11)4)16-12(2)7-6-8-13(16)3/h4*6-10H,1-5H3/q4*+1/i2D3;;1D3;. The predicted octanol–water partition coefficient (Wildman–Crippen LogP) is 13.6. The van der Waals surface area contributed by atoms with Gasteiger partial charge in [0.1, 0.15) is 28.2 Å². The van der Waals surface area contributed by atoms with E-state index in [9.17, 15) is 0 Å². The molecule has 0 saturated heterocycles. The summed E-state index contributed by atoms with van der Waals surface area (Å²) in [6.45, 7) is 25.2. The zero-order valence-corrected chi connectivity index (χ0v) is 44.3. The number of aryl methyl sites for hydroxylation is 12. The van der Waals surface area contributed by atoms with E-state index in [4.69, 9.17) is 8.22 Å². The SMILES string of the molecule is Cc1ccc(C)c(-c2ccc(C)c(C)[n+]2C)c1.Cc1cccc(C)c1-c1ccc(C)c(C)[n+]1C.[2H]C([2H])([2H])c1ccc(-c2c(C)cccc2C)[n+](C)c1C.[2H]C([2H])([2H])c1ccc(-c2cc(C)ccc2C)[n+](C)c1C. The van der Waals surface area contributed by atoms with Crippen molar-refractivity contribution in [2.45, 2.75) is 111 Å². The van der Waals surface area contributed by atoms with Crippen LogP contribution in [0.15, 0.2) is 121 Å². The van der Waals surface area contributed by atoms with Crippen LogP contribution in [0.2, 0.25) is 0 Å². The van der Waals surface area contributed by atoms with E-state index in [1.165, 1.54) is 95.1 Å². The molecule has 8 rings (SSSR count). The van der Waals surface area contributed by atoms with Gasteiger partial charge in [0.2, 0.25) is 22.8 Å². The Hall–Kier alpha value is -6.52. The zero-order chi connectivity index (χ0) is 55.3. The number of hydrogen-bond acceptors (Lipinski definition) is 0. The fraction of sp³-hybridized carbons (Fsp3) is 0.312. The van der Waals surface area contributed by atoms with Gasteiger partial charge in [0.05, 0.1) is 11.1 Å². The van der Waals surface area contributed by atoms with Crippen LogP contribution in [0, 0.1) is 111 Å². The molecule has 0 spiro atoms. The Morgan fingerprint density at radius 1 is 0.279 bits per heavy atom. The first-order chi connectivity index (χ1) is 34.5. The second-order valence-electron chi connectivity index (χ2n) is 18.8. The highest BCUT2D eigenvalue weighted by molar-refractivity contribution is 5.67. The molecule has 0 saturated carbocycles. The van der Waals surface area contributed by atoms with E-state index in [0.717, 1.165) is 28.3 Å². The van der Waals surface area contributed by atoms with E-state index in [1.54, 1.807) is 12.1 Å². The van der Waals surface area contributed by atoms with E-state index in [-0.39, 0.29) is 0 Å². The Bertz CT molecular complexity index is 3300. The summed E-state index contributed by atoms with van der Waals surface area (Å²) in [6.07, 6.45) is 0. The highest BCUT2D eigenvalue weighted by Gasteiger charge is 2.20. The van der Waals surface area contributed by atoms with Crippen molar-refractivity contribution in [3.63, 3.8) is 0 Å². The lowest BCUT2D eigenvalue weighted by molar-refractivity contribution is -0.667. The second-order valence-corrected chi connectivity index (χ2v) is 18.8. The van der Waals surface area contributed by atoms with Crippen LogP contribution in [0.4, 0.5) is 0 Å². The van der Waals surface area contributed by atoms with Crippen LogP contribution in [0.3, 0.4) is 0 Å². The van der Waals surface area contributed by atoms with Gasteiger partial charge in [0, 0.05) is 93.6 Å². The highest BCUT2D eigenvalue weighted by atomic mass is 15.0. The summed E-state index contributed by atoms with van der Waals surface area (Å²) in [5.74, 6) is 0. The highest BCUT2D eigenvalue weighted by Crippen LogP contribution is 2.27. The molecule has 0 aliphatic carbocycles. The fourth-order valence-electron chi connectivity index (χ4n) is 8.78. The van der Waals surface area contributed by atoms with E-state index in [2.05, 4.69) is 197 Å². The molecular formula is C64H80N4+4. The monoisotopic (exact) mass is 911 g/mol. The Morgan fingerprint density at radius 3 is 0.868 bits per heavy atom. The topological polar surface area (TPSA) is 15.5 Å². The van der Waals surface area contributed by atoms with Crippen molar-refractivity contribution >= 4 is 0 Å². The van der Waals surface area contributed by atoms with Gasteiger partial charge >= 0.3 is 0 Å². The largest absolute Gasteiger partial charge is 0.213 e. The van der Waals surface area contributed by atoms with Crippen LogP contribution >= 0.6 is 0 Å². The quantitative estimate of drug-likeness (QED) is 0.156. The van der Waals surface area contributed by atoms with Gasteiger partial charge in [-0.2, -0.15) is 18.3 Å². The molecule has 8 aromatic rings. The minimum atomic E-state index is -2.07. The summed E-state index contributed by atoms with van der Waals surface area (Å²) in [4.78, 5) is 0. The Labute approximate surface area is 419 Å². The maximum atomic E-state index is 7.59. The van der Waals surface area contributed by atoms with Gasteiger partial charge in [-0.25, -0.2) is 0 Å². The molecular weight excluding hydrogens is 825 g/mol. The molecule has 0 bridgehead atoms. The van der Waals surface area contributed by atoms with Crippen molar-refractivity contribution < 1.29 is 26.5 Å². The van der Waals surface area contributed by atoms with Crippen LogP contribution in [0.5, 0.6) is 0 Å². The molecule has 4 nitrogen and oxygen atoms in total. The summed E-state index contributed by atoms with van der Waals surface area (Å²) in [7, 11) is 8.12. The van der Waals surface area contributed by atoms with Gasteiger partial charge in [-0.1, -0.05) is 71.8 Å². The van der Waals surface area contributed by atoms with Crippen molar-refractivity contribution in [2.24, 2.45) is 28.2 Å². The molecule has 4 heterocycles. The molecule has 0 amide bonds. The minimum absolute atomic E-state index is 0.411. The fourth-order valence-corrected chi connectivity index (χ4v) is 8.78. The molecule has 0 aliphatic heterocycles. The summed E-state index contributed by atoms with van der Waals surface area (Å²) in [5, 5.41) is 0. The van der Waals surface area contributed by atoms with Gasteiger partial charge in [0.25, 0.3) is 0 Å². The van der Waals surface area contributed by atoms with E-state index in [0.29, 0.717) is 11.1 Å². The third-order valence-corrected chi connectivity index (χ3v) is 14.0. The number of pyridine rings is 4. The lowest BCUT2D eigenvalue weighted by Crippen LogP contribution is -2.35. The minimum Gasteiger partial charge on any atom is -0.198 e. The normalized spacial score (nSPS) is 12.3. The Morgan fingerprint density at radius 2 is 0.544 bits per heavy atom. The average molecular weight is 911 g/mol. The van der Waals surface area contributed by atoms with Crippen molar-refractivity contribution in [3.8, 4) is 45.0 Å². The van der Waals surface area contributed by atoms with Gasteiger partial charge in [-0.05, 0) is 153 Å². The second kappa shape index (κ2) is 22.5. The van der Waals surface area contributed by atoms with Crippen molar-refractivity contribution in [2.75, 3.05) is 0 Å². The van der Waals surface area contributed by atoms with Crippen molar-refractivity contribution in [3.05, 3.63) is 211 Å².